The highest BCUT2D eigenvalue weighted by atomic mass is 16.5. The van der Waals surface area contributed by atoms with Crippen molar-refractivity contribution in [2.45, 2.75) is 38.6 Å². The predicted molar refractivity (Wildman–Crippen MR) is 138 cm³/mol. The summed E-state index contributed by atoms with van der Waals surface area (Å²) >= 11 is 0. The van der Waals surface area contributed by atoms with Crippen LogP contribution in [0.2, 0.25) is 0 Å². The maximum Gasteiger partial charge on any atom is 0.306 e. The minimum absolute atomic E-state index is 0.0434. The number of anilines is 1. The third-order valence-corrected chi connectivity index (χ3v) is 7.57. The van der Waals surface area contributed by atoms with E-state index in [0.717, 1.165) is 55.6 Å². The lowest BCUT2D eigenvalue weighted by atomic mass is 9.72. The Morgan fingerprint density at radius 3 is 2.67 bits per heavy atom. The fourth-order valence-corrected chi connectivity index (χ4v) is 5.27. The Morgan fingerprint density at radius 2 is 1.92 bits per heavy atom. The molecule has 2 aliphatic rings. The molecular weight excluding hydrogens is 456 g/mol. The fourth-order valence-electron chi connectivity index (χ4n) is 5.27. The van der Waals surface area contributed by atoms with Crippen LogP contribution in [0.5, 0.6) is 11.5 Å². The van der Waals surface area contributed by atoms with Crippen LogP contribution in [0.1, 0.15) is 44.2 Å². The molecule has 0 aliphatic carbocycles. The molecule has 2 aliphatic heterocycles. The highest BCUT2D eigenvalue weighted by molar-refractivity contribution is 5.91. The third-order valence-electron chi connectivity index (χ3n) is 7.57. The van der Waals surface area contributed by atoms with E-state index < -0.39 is 0 Å². The van der Waals surface area contributed by atoms with Crippen molar-refractivity contribution in [2.75, 3.05) is 45.3 Å². The topological polar surface area (TPSA) is 85.8 Å². The van der Waals surface area contributed by atoms with Gasteiger partial charge in [-0.25, -0.2) is 9.97 Å². The number of fused-ring (bicyclic) bond motifs is 1. The minimum Gasteiger partial charge on any atom is -0.493 e. The standard InChI is InChI=1S/C28H34N4O4/c1-20(21-6-4-3-5-7-21)31-27-22-16-24(34-2)25(17-23(22)29-19-30-27)35-15-13-32-11-8-28(9-12-32)10-14-36-26(33)18-28/h3-7,16-17,19-20H,8-15,18H2,1-2H3,(H,29,30,31)/t20-/m1/s1. The molecule has 1 spiro atoms. The number of methoxy groups -OCH3 is 1. The fraction of sp³-hybridized carbons (Fsp3) is 0.464. The molecule has 0 bridgehead atoms. The number of likely N-dealkylation sites (tertiary alicyclic amines) is 1. The molecule has 1 atom stereocenters. The summed E-state index contributed by atoms with van der Waals surface area (Å²) in [4.78, 5) is 23.1. The second kappa shape index (κ2) is 10.7. The van der Waals surface area contributed by atoms with Gasteiger partial charge < -0.3 is 19.5 Å². The first-order valence-electron chi connectivity index (χ1n) is 12.7. The lowest BCUT2D eigenvalue weighted by Crippen LogP contribution is -2.45. The smallest absolute Gasteiger partial charge is 0.306 e. The largest absolute Gasteiger partial charge is 0.493 e. The van der Waals surface area contributed by atoms with E-state index in [9.17, 15) is 4.79 Å². The van der Waals surface area contributed by atoms with Crippen molar-refractivity contribution < 1.29 is 19.0 Å². The van der Waals surface area contributed by atoms with Gasteiger partial charge in [0, 0.05) is 24.0 Å². The number of hydrogen-bond acceptors (Lipinski definition) is 8. The van der Waals surface area contributed by atoms with E-state index in [4.69, 9.17) is 14.2 Å². The van der Waals surface area contributed by atoms with Gasteiger partial charge in [0.15, 0.2) is 11.5 Å². The second-order valence-electron chi connectivity index (χ2n) is 9.86. The summed E-state index contributed by atoms with van der Waals surface area (Å²) in [6.45, 7) is 6.02. The normalized spacial score (nSPS) is 18.6. The van der Waals surface area contributed by atoms with Crippen LogP contribution in [-0.4, -0.2) is 60.8 Å². The zero-order valence-corrected chi connectivity index (χ0v) is 21.0. The SMILES string of the molecule is COc1cc2c(N[C@H](C)c3ccccc3)ncnc2cc1OCCN1CCC2(CCOC(=O)C2)CC1. The summed E-state index contributed by atoms with van der Waals surface area (Å²) in [5.74, 6) is 2.05. The zero-order chi connectivity index (χ0) is 25.0. The van der Waals surface area contributed by atoms with Gasteiger partial charge in [-0.2, -0.15) is 0 Å². The molecule has 0 radical (unpaired) electrons. The van der Waals surface area contributed by atoms with Gasteiger partial charge in [-0.3, -0.25) is 9.69 Å². The molecule has 5 rings (SSSR count). The summed E-state index contributed by atoms with van der Waals surface area (Å²) < 4.78 is 17.0. The molecule has 8 nitrogen and oxygen atoms in total. The highest BCUT2D eigenvalue weighted by Gasteiger charge is 2.39. The predicted octanol–water partition coefficient (Wildman–Crippen LogP) is 4.61. The Hall–Kier alpha value is -3.39. The number of cyclic esters (lactones) is 1. The van der Waals surface area contributed by atoms with Crippen molar-refractivity contribution in [1.29, 1.82) is 0 Å². The van der Waals surface area contributed by atoms with Crippen molar-refractivity contribution in [2.24, 2.45) is 5.41 Å². The van der Waals surface area contributed by atoms with Gasteiger partial charge in [0.2, 0.25) is 0 Å². The van der Waals surface area contributed by atoms with Crippen molar-refractivity contribution in [3.63, 3.8) is 0 Å². The number of ether oxygens (including phenoxy) is 3. The molecule has 3 aromatic rings. The van der Waals surface area contributed by atoms with Gasteiger partial charge >= 0.3 is 5.97 Å². The molecule has 36 heavy (non-hydrogen) atoms. The molecule has 0 saturated carbocycles. The van der Waals surface area contributed by atoms with Crippen LogP contribution < -0.4 is 14.8 Å². The highest BCUT2D eigenvalue weighted by Crippen LogP contribution is 2.41. The lowest BCUT2D eigenvalue weighted by Gasteiger charge is -2.43. The molecule has 0 amide bonds. The Kier molecular flexibility index (Phi) is 7.23. The first kappa shape index (κ1) is 24.3. The van der Waals surface area contributed by atoms with Crippen molar-refractivity contribution in [3.8, 4) is 11.5 Å². The Balaban J connectivity index is 1.22. The Bertz CT molecular complexity index is 1190. The quantitative estimate of drug-likeness (QED) is 0.458. The maximum absolute atomic E-state index is 11.8. The van der Waals surface area contributed by atoms with Crippen molar-refractivity contribution in [3.05, 3.63) is 54.4 Å². The lowest BCUT2D eigenvalue weighted by molar-refractivity contribution is -0.155. The maximum atomic E-state index is 11.8. The van der Waals surface area contributed by atoms with E-state index in [2.05, 4.69) is 39.2 Å². The number of benzene rings is 2. The molecule has 1 aromatic heterocycles. The van der Waals surface area contributed by atoms with Gasteiger partial charge in [-0.05, 0) is 56.3 Å². The number of nitrogens with one attached hydrogen (secondary N) is 1. The van der Waals surface area contributed by atoms with E-state index in [-0.39, 0.29) is 17.4 Å². The monoisotopic (exact) mass is 490 g/mol. The number of carbonyl (C=O) groups is 1. The molecule has 3 heterocycles. The van der Waals surface area contributed by atoms with Gasteiger partial charge in [-0.15, -0.1) is 0 Å². The van der Waals surface area contributed by atoms with Crippen LogP contribution in [0.3, 0.4) is 0 Å². The van der Waals surface area contributed by atoms with Gasteiger partial charge in [0.1, 0.15) is 18.8 Å². The van der Waals surface area contributed by atoms with Crippen LogP contribution in [0, 0.1) is 5.41 Å². The summed E-state index contributed by atoms with van der Waals surface area (Å²) in [5.41, 5.74) is 2.12. The summed E-state index contributed by atoms with van der Waals surface area (Å²) in [6.07, 6.45) is 5.20. The second-order valence-corrected chi connectivity index (χ2v) is 9.86. The van der Waals surface area contributed by atoms with Crippen LogP contribution >= 0.6 is 0 Å². The molecular formula is C28H34N4O4. The summed E-state index contributed by atoms with van der Waals surface area (Å²) in [6, 6.07) is 14.2. The molecule has 190 valence electrons. The number of piperidine rings is 1. The average molecular weight is 491 g/mol. The van der Waals surface area contributed by atoms with Crippen LogP contribution in [0.15, 0.2) is 48.8 Å². The number of nitrogens with zero attached hydrogens (tertiary/aromatic N) is 3. The number of rotatable bonds is 8. The first-order chi connectivity index (χ1) is 17.5. The van der Waals surface area contributed by atoms with E-state index in [1.165, 1.54) is 5.56 Å². The third kappa shape index (κ3) is 5.38. The number of hydrogen-bond donors (Lipinski definition) is 1. The van der Waals surface area contributed by atoms with Crippen molar-refractivity contribution >= 4 is 22.7 Å². The van der Waals surface area contributed by atoms with Gasteiger partial charge in [0.25, 0.3) is 0 Å². The molecule has 2 saturated heterocycles. The van der Waals surface area contributed by atoms with E-state index in [1.807, 2.05) is 30.3 Å². The zero-order valence-electron chi connectivity index (χ0n) is 21.0. The summed E-state index contributed by atoms with van der Waals surface area (Å²) in [5, 5.41) is 4.39. The van der Waals surface area contributed by atoms with Crippen LogP contribution in [0.4, 0.5) is 5.82 Å². The minimum atomic E-state index is -0.0434. The van der Waals surface area contributed by atoms with Crippen LogP contribution in [-0.2, 0) is 9.53 Å². The molecule has 2 fully saturated rings. The van der Waals surface area contributed by atoms with E-state index >= 15 is 0 Å². The van der Waals surface area contributed by atoms with E-state index in [0.29, 0.717) is 31.1 Å². The number of aromatic nitrogens is 2. The van der Waals surface area contributed by atoms with Gasteiger partial charge in [0.05, 0.1) is 25.7 Å². The van der Waals surface area contributed by atoms with Gasteiger partial charge in [-0.1, -0.05) is 30.3 Å². The first-order valence-corrected chi connectivity index (χ1v) is 12.7. The Labute approximate surface area is 212 Å². The Morgan fingerprint density at radius 1 is 1.11 bits per heavy atom. The van der Waals surface area contributed by atoms with E-state index in [1.54, 1.807) is 13.4 Å². The summed E-state index contributed by atoms with van der Waals surface area (Å²) in [7, 11) is 1.65. The van der Waals surface area contributed by atoms with Crippen molar-refractivity contribution in [1.82, 2.24) is 14.9 Å². The number of esters is 1. The molecule has 1 N–H and O–H groups in total. The molecule has 2 aromatic carbocycles. The van der Waals surface area contributed by atoms with Crippen LogP contribution in [0.25, 0.3) is 10.9 Å². The number of carbonyl (C=O) groups excluding carboxylic acids is 1. The molecule has 8 heteroatoms. The molecule has 0 unspecified atom stereocenters. The average Bonchev–Trinajstić information content (AvgIpc) is 2.90.